The SMILES string of the molecule is CCNC(=NCc1ccc(C)cc1OC(C)C)NCCCn1ccnc1. The summed E-state index contributed by atoms with van der Waals surface area (Å²) in [7, 11) is 0. The monoisotopic (exact) mass is 357 g/mol. The molecule has 0 unspecified atom stereocenters. The van der Waals surface area contributed by atoms with Crippen molar-refractivity contribution in [3.05, 3.63) is 48.0 Å². The van der Waals surface area contributed by atoms with E-state index >= 15 is 0 Å². The summed E-state index contributed by atoms with van der Waals surface area (Å²) in [6, 6.07) is 6.28. The second-order valence-corrected chi connectivity index (χ2v) is 6.55. The van der Waals surface area contributed by atoms with E-state index in [2.05, 4.69) is 52.2 Å². The number of aromatic nitrogens is 2. The second kappa shape index (κ2) is 10.5. The average molecular weight is 358 g/mol. The second-order valence-electron chi connectivity index (χ2n) is 6.55. The summed E-state index contributed by atoms with van der Waals surface area (Å²) in [5.41, 5.74) is 2.29. The first kappa shape index (κ1) is 19.8. The molecule has 0 atom stereocenters. The maximum absolute atomic E-state index is 5.94. The molecule has 0 bridgehead atoms. The van der Waals surface area contributed by atoms with E-state index in [0.29, 0.717) is 6.54 Å². The van der Waals surface area contributed by atoms with Gasteiger partial charge in [-0.15, -0.1) is 0 Å². The number of nitrogens with zero attached hydrogens (tertiary/aromatic N) is 3. The molecule has 0 fully saturated rings. The van der Waals surface area contributed by atoms with Crippen LogP contribution >= 0.6 is 0 Å². The van der Waals surface area contributed by atoms with Crippen molar-refractivity contribution in [1.82, 2.24) is 20.2 Å². The van der Waals surface area contributed by atoms with Gasteiger partial charge in [0.25, 0.3) is 0 Å². The number of hydrogen-bond donors (Lipinski definition) is 2. The molecule has 0 aliphatic rings. The van der Waals surface area contributed by atoms with Gasteiger partial charge in [-0.3, -0.25) is 0 Å². The molecule has 0 radical (unpaired) electrons. The molecule has 6 nitrogen and oxygen atoms in total. The van der Waals surface area contributed by atoms with Crippen LogP contribution in [0, 0.1) is 6.92 Å². The highest BCUT2D eigenvalue weighted by Crippen LogP contribution is 2.22. The molecule has 2 N–H and O–H groups in total. The van der Waals surface area contributed by atoms with Crippen molar-refractivity contribution in [3.63, 3.8) is 0 Å². The van der Waals surface area contributed by atoms with Gasteiger partial charge in [-0.25, -0.2) is 9.98 Å². The van der Waals surface area contributed by atoms with E-state index in [-0.39, 0.29) is 6.10 Å². The lowest BCUT2D eigenvalue weighted by molar-refractivity contribution is 0.240. The van der Waals surface area contributed by atoms with Crippen molar-refractivity contribution in [2.24, 2.45) is 4.99 Å². The lowest BCUT2D eigenvalue weighted by Gasteiger charge is -2.15. The third kappa shape index (κ3) is 6.78. The van der Waals surface area contributed by atoms with Gasteiger partial charge in [0.1, 0.15) is 5.75 Å². The maximum atomic E-state index is 5.94. The van der Waals surface area contributed by atoms with Crippen molar-refractivity contribution in [2.45, 2.75) is 53.3 Å². The summed E-state index contributed by atoms with van der Waals surface area (Å²) in [4.78, 5) is 8.77. The molecule has 0 amide bonds. The van der Waals surface area contributed by atoms with Crippen LogP contribution in [-0.4, -0.2) is 34.7 Å². The van der Waals surface area contributed by atoms with Crippen LogP contribution in [0.25, 0.3) is 0 Å². The summed E-state index contributed by atoms with van der Waals surface area (Å²) in [6.07, 6.45) is 6.78. The summed E-state index contributed by atoms with van der Waals surface area (Å²) in [6.45, 7) is 11.4. The fourth-order valence-electron chi connectivity index (χ4n) is 2.55. The van der Waals surface area contributed by atoms with Gasteiger partial charge in [-0.1, -0.05) is 12.1 Å². The molecule has 0 spiro atoms. The van der Waals surface area contributed by atoms with Gasteiger partial charge in [0.2, 0.25) is 0 Å². The highest BCUT2D eigenvalue weighted by Gasteiger charge is 2.06. The molecule has 0 saturated carbocycles. The first-order chi connectivity index (χ1) is 12.6. The number of benzene rings is 1. The molecule has 1 aromatic carbocycles. The summed E-state index contributed by atoms with van der Waals surface area (Å²) in [5.74, 6) is 1.74. The zero-order chi connectivity index (χ0) is 18.8. The third-order valence-corrected chi connectivity index (χ3v) is 3.78. The van der Waals surface area contributed by atoms with Crippen LogP contribution in [-0.2, 0) is 13.1 Å². The number of hydrogen-bond acceptors (Lipinski definition) is 3. The maximum Gasteiger partial charge on any atom is 0.191 e. The molecule has 26 heavy (non-hydrogen) atoms. The molecule has 1 aromatic heterocycles. The molecule has 6 heteroatoms. The van der Waals surface area contributed by atoms with Gasteiger partial charge >= 0.3 is 0 Å². The highest BCUT2D eigenvalue weighted by molar-refractivity contribution is 5.79. The van der Waals surface area contributed by atoms with E-state index in [4.69, 9.17) is 9.73 Å². The van der Waals surface area contributed by atoms with Crippen LogP contribution in [0.1, 0.15) is 38.3 Å². The third-order valence-electron chi connectivity index (χ3n) is 3.78. The zero-order valence-corrected chi connectivity index (χ0v) is 16.3. The highest BCUT2D eigenvalue weighted by atomic mass is 16.5. The molecular formula is C20H31N5O. The Morgan fingerprint density at radius 3 is 2.85 bits per heavy atom. The molecule has 1 heterocycles. The fourth-order valence-corrected chi connectivity index (χ4v) is 2.55. The predicted molar refractivity (Wildman–Crippen MR) is 107 cm³/mol. The smallest absolute Gasteiger partial charge is 0.191 e. The molecule has 2 aromatic rings. The molecule has 0 aliphatic carbocycles. The van der Waals surface area contributed by atoms with Gasteiger partial charge in [-0.05, 0) is 45.7 Å². The Morgan fingerprint density at radius 2 is 2.15 bits per heavy atom. The minimum atomic E-state index is 0.147. The Labute approximate surface area is 156 Å². The predicted octanol–water partition coefficient (Wildman–Crippen LogP) is 3.12. The largest absolute Gasteiger partial charge is 0.491 e. The van der Waals surface area contributed by atoms with Crippen molar-refractivity contribution in [1.29, 1.82) is 0 Å². The van der Waals surface area contributed by atoms with E-state index in [1.54, 1.807) is 6.20 Å². The molecule has 0 aliphatic heterocycles. The number of guanidine groups is 1. The molecular weight excluding hydrogens is 326 g/mol. The van der Waals surface area contributed by atoms with Crippen LogP contribution in [0.5, 0.6) is 5.75 Å². The Bertz CT molecular complexity index is 680. The van der Waals surface area contributed by atoms with E-state index in [0.717, 1.165) is 43.3 Å². The lowest BCUT2D eigenvalue weighted by Crippen LogP contribution is -2.38. The van der Waals surface area contributed by atoms with Crippen LogP contribution in [0.4, 0.5) is 0 Å². The van der Waals surface area contributed by atoms with Gasteiger partial charge in [-0.2, -0.15) is 0 Å². The van der Waals surface area contributed by atoms with Crippen LogP contribution in [0.3, 0.4) is 0 Å². The van der Waals surface area contributed by atoms with Crippen LogP contribution in [0.2, 0.25) is 0 Å². The number of ether oxygens (including phenoxy) is 1. The summed E-state index contributed by atoms with van der Waals surface area (Å²) in [5, 5.41) is 6.69. The fraction of sp³-hybridized carbons (Fsp3) is 0.500. The molecule has 2 rings (SSSR count). The first-order valence-corrected chi connectivity index (χ1v) is 9.32. The Kier molecular flexibility index (Phi) is 7.99. The minimum Gasteiger partial charge on any atom is -0.491 e. The minimum absolute atomic E-state index is 0.147. The van der Waals surface area contributed by atoms with Crippen LogP contribution in [0.15, 0.2) is 41.9 Å². The quantitative estimate of drug-likeness (QED) is 0.411. The van der Waals surface area contributed by atoms with Crippen molar-refractivity contribution in [3.8, 4) is 5.75 Å². The summed E-state index contributed by atoms with van der Waals surface area (Å²) < 4.78 is 8.02. The van der Waals surface area contributed by atoms with E-state index in [9.17, 15) is 0 Å². The lowest BCUT2D eigenvalue weighted by atomic mass is 10.1. The van der Waals surface area contributed by atoms with Crippen molar-refractivity contribution >= 4 is 5.96 Å². The number of imidazole rings is 1. The average Bonchev–Trinajstić information content (AvgIpc) is 3.10. The van der Waals surface area contributed by atoms with E-state index in [1.165, 1.54) is 5.56 Å². The van der Waals surface area contributed by atoms with Gasteiger partial charge in [0.05, 0.1) is 19.0 Å². The normalized spacial score (nSPS) is 11.7. The standard InChI is InChI=1S/C20H31N5O/c1-5-22-20(23-9-6-11-25-12-10-21-15-25)24-14-18-8-7-17(4)13-19(18)26-16(2)3/h7-8,10,12-13,15-16H,5-6,9,11,14H2,1-4H3,(H2,22,23,24). The van der Waals surface area contributed by atoms with Crippen LogP contribution < -0.4 is 15.4 Å². The molecule has 0 saturated heterocycles. The topological polar surface area (TPSA) is 63.5 Å². The molecule has 142 valence electrons. The van der Waals surface area contributed by atoms with E-state index < -0.39 is 0 Å². The number of rotatable bonds is 9. The Balaban J connectivity index is 1.93. The first-order valence-electron chi connectivity index (χ1n) is 9.32. The number of nitrogens with one attached hydrogen (secondary N) is 2. The van der Waals surface area contributed by atoms with Gasteiger partial charge in [0, 0.05) is 37.6 Å². The Hall–Kier alpha value is -2.50. The van der Waals surface area contributed by atoms with Gasteiger partial charge in [0.15, 0.2) is 5.96 Å². The van der Waals surface area contributed by atoms with E-state index in [1.807, 2.05) is 26.4 Å². The zero-order valence-electron chi connectivity index (χ0n) is 16.3. The van der Waals surface area contributed by atoms with Crippen molar-refractivity contribution < 1.29 is 4.74 Å². The number of aliphatic imine (C=N–C) groups is 1. The van der Waals surface area contributed by atoms with Gasteiger partial charge < -0.3 is 19.9 Å². The Morgan fingerprint density at radius 1 is 1.31 bits per heavy atom. The number of aryl methyl sites for hydroxylation is 2. The van der Waals surface area contributed by atoms with Crippen molar-refractivity contribution in [2.75, 3.05) is 13.1 Å². The summed E-state index contributed by atoms with van der Waals surface area (Å²) >= 11 is 0.